The van der Waals surface area contributed by atoms with Gasteiger partial charge in [0.25, 0.3) is 5.91 Å². The number of aryl methyl sites for hydroxylation is 3. The zero-order valence-electron chi connectivity index (χ0n) is 15.9. The van der Waals surface area contributed by atoms with Gasteiger partial charge >= 0.3 is 0 Å². The van der Waals surface area contributed by atoms with Gasteiger partial charge in [-0.1, -0.05) is 18.2 Å². The maximum Gasteiger partial charge on any atom is 0.272 e. The first kappa shape index (κ1) is 17.5. The minimum absolute atomic E-state index is 0.0654. The van der Waals surface area contributed by atoms with Crippen LogP contribution in [-0.2, 0) is 19.3 Å². The second-order valence-corrected chi connectivity index (χ2v) is 7.21. The van der Waals surface area contributed by atoms with Gasteiger partial charge in [-0.2, -0.15) is 10.2 Å². The summed E-state index contributed by atoms with van der Waals surface area (Å²) < 4.78 is 1.97. The Balaban J connectivity index is 1.47. The number of nitrogens with one attached hydrogen (secondary N) is 2. The zero-order valence-corrected chi connectivity index (χ0v) is 15.9. The van der Waals surface area contributed by atoms with Crippen molar-refractivity contribution in [3.05, 3.63) is 64.2 Å². The quantitative estimate of drug-likeness (QED) is 0.661. The Bertz CT molecular complexity index is 969. The number of fused-ring (bicyclic) bond motifs is 1. The number of nitrogens with zero attached hydrogens (tertiary/aromatic N) is 3. The largest absolute Gasteiger partial charge is 0.351 e. The van der Waals surface area contributed by atoms with Crippen LogP contribution in [0.2, 0.25) is 0 Å². The number of carbonyl (C=O) groups excluding carboxylic acids is 1. The molecule has 0 fully saturated rings. The second kappa shape index (κ2) is 7.39. The fourth-order valence-corrected chi connectivity index (χ4v) is 3.81. The summed E-state index contributed by atoms with van der Waals surface area (Å²) in [6.45, 7) is 4.73. The van der Waals surface area contributed by atoms with Crippen LogP contribution in [0.3, 0.4) is 0 Å². The topological polar surface area (TPSA) is 75.6 Å². The minimum atomic E-state index is -0.0654. The van der Waals surface area contributed by atoms with Crippen molar-refractivity contribution in [3.63, 3.8) is 0 Å². The lowest BCUT2D eigenvalue weighted by Crippen LogP contribution is -2.26. The van der Waals surface area contributed by atoms with E-state index in [1.54, 1.807) is 0 Å². The highest BCUT2D eigenvalue weighted by molar-refractivity contribution is 5.94. The molecule has 0 saturated heterocycles. The molecule has 0 saturated carbocycles. The molecule has 1 aliphatic rings. The van der Waals surface area contributed by atoms with Crippen molar-refractivity contribution in [2.24, 2.45) is 0 Å². The Morgan fingerprint density at radius 2 is 2.11 bits per heavy atom. The van der Waals surface area contributed by atoms with Crippen LogP contribution in [0.25, 0.3) is 5.69 Å². The summed E-state index contributed by atoms with van der Waals surface area (Å²) in [6.07, 6.45) is 6.63. The van der Waals surface area contributed by atoms with Crippen LogP contribution in [-0.4, -0.2) is 32.4 Å². The van der Waals surface area contributed by atoms with Gasteiger partial charge < -0.3 is 5.32 Å². The Labute approximate surface area is 159 Å². The molecule has 2 heterocycles. The van der Waals surface area contributed by atoms with Crippen molar-refractivity contribution in [1.29, 1.82) is 0 Å². The lowest BCUT2D eigenvalue weighted by Gasteiger charge is -2.08. The van der Waals surface area contributed by atoms with E-state index >= 15 is 0 Å². The average Bonchev–Trinajstić information content (AvgIpc) is 3.36. The monoisotopic (exact) mass is 363 g/mol. The Kier molecular flexibility index (Phi) is 4.79. The van der Waals surface area contributed by atoms with E-state index in [9.17, 15) is 4.79 Å². The zero-order chi connectivity index (χ0) is 18.8. The molecule has 2 N–H and O–H groups in total. The standard InChI is InChI=1S/C21H25N5O/c1-14-7-3-4-10-18(14)26-19-11-5-9-17(19)20(25-26)21(27)22-12-6-8-16-13-23-24-15(16)2/h3-4,7,10,13H,5-6,8-9,11-12H2,1-2H3,(H,22,27)(H,23,24). The number of carbonyl (C=O) groups is 1. The number of aromatic amines is 1. The predicted octanol–water partition coefficient (Wildman–Crippen LogP) is 3.06. The highest BCUT2D eigenvalue weighted by Gasteiger charge is 2.27. The first-order chi connectivity index (χ1) is 13.1. The van der Waals surface area contributed by atoms with E-state index in [1.807, 2.05) is 29.9 Å². The summed E-state index contributed by atoms with van der Waals surface area (Å²) >= 11 is 0. The second-order valence-electron chi connectivity index (χ2n) is 7.21. The van der Waals surface area contributed by atoms with E-state index < -0.39 is 0 Å². The van der Waals surface area contributed by atoms with Gasteiger partial charge in [0.1, 0.15) is 0 Å². The van der Waals surface area contributed by atoms with E-state index in [0.29, 0.717) is 12.2 Å². The van der Waals surface area contributed by atoms with E-state index in [0.717, 1.165) is 54.6 Å². The number of benzene rings is 1. The molecule has 27 heavy (non-hydrogen) atoms. The maximum atomic E-state index is 12.8. The van der Waals surface area contributed by atoms with Gasteiger partial charge in [-0.15, -0.1) is 0 Å². The Morgan fingerprint density at radius 3 is 2.89 bits per heavy atom. The van der Waals surface area contributed by atoms with Gasteiger partial charge in [-0.3, -0.25) is 9.89 Å². The third kappa shape index (κ3) is 3.39. The van der Waals surface area contributed by atoms with Crippen LogP contribution in [0.5, 0.6) is 0 Å². The van der Waals surface area contributed by atoms with E-state index in [-0.39, 0.29) is 5.91 Å². The van der Waals surface area contributed by atoms with Gasteiger partial charge in [0, 0.05) is 23.5 Å². The molecule has 0 bridgehead atoms. The third-order valence-corrected chi connectivity index (χ3v) is 5.33. The van der Waals surface area contributed by atoms with Crippen LogP contribution < -0.4 is 5.32 Å². The number of hydrogen-bond donors (Lipinski definition) is 2. The summed E-state index contributed by atoms with van der Waals surface area (Å²) in [5, 5.41) is 14.7. The van der Waals surface area contributed by atoms with E-state index in [1.165, 1.54) is 11.3 Å². The minimum Gasteiger partial charge on any atom is -0.351 e. The normalized spacial score (nSPS) is 13.0. The molecule has 140 valence electrons. The van der Waals surface area contributed by atoms with Crippen LogP contribution in [0, 0.1) is 13.8 Å². The first-order valence-electron chi connectivity index (χ1n) is 9.59. The smallest absolute Gasteiger partial charge is 0.272 e. The number of para-hydroxylation sites is 1. The molecule has 0 unspecified atom stereocenters. The molecule has 3 aromatic rings. The molecule has 6 nitrogen and oxygen atoms in total. The summed E-state index contributed by atoms with van der Waals surface area (Å²) in [7, 11) is 0. The maximum absolute atomic E-state index is 12.8. The fraction of sp³-hybridized carbons (Fsp3) is 0.381. The summed E-state index contributed by atoms with van der Waals surface area (Å²) in [6, 6.07) is 8.19. The molecule has 1 aliphatic carbocycles. The van der Waals surface area contributed by atoms with E-state index in [2.05, 4.69) is 34.6 Å². The summed E-state index contributed by atoms with van der Waals surface area (Å²) in [5.74, 6) is -0.0654. The molecular weight excluding hydrogens is 338 g/mol. The van der Waals surface area contributed by atoms with Crippen LogP contribution in [0.1, 0.15) is 51.4 Å². The van der Waals surface area contributed by atoms with Crippen molar-refractivity contribution in [3.8, 4) is 5.69 Å². The fourth-order valence-electron chi connectivity index (χ4n) is 3.81. The first-order valence-corrected chi connectivity index (χ1v) is 9.59. The molecule has 1 amide bonds. The van der Waals surface area contributed by atoms with Crippen molar-refractivity contribution < 1.29 is 4.79 Å². The number of H-pyrrole nitrogens is 1. The van der Waals surface area contributed by atoms with Crippen LogP contribution in [0.4, 0.5) is 0 Å². The highest BCUT2D eigenvalue weighted by Crippen LogP contribution is 2.28. The molecule has 0 aliphatic heterocycles. The van der Waals surface area contributed by atoms with Gasteiger partial charge in [-0.25, -0.2) is 4.68 Å². The Morgan fingerprint density at radius 1 is 1.26 bits per heavy atom. The lowest BCUT2D eigenvalue weighted by atomic mass is 10.1. The van der Waals surface area contributed by atoms with Gasteiger partial charge in [0.15, 0.2) is 5.69 Å². The van der Waals surface area contributed by atoms with E-state index in [4.69, 9.17) is 5.10 Å². The number of aromatic nitrogens is 4. The molecular formula is C21H25N5O. The Hall–Kier alpha value is -2.89. The molecule has 0 atom stereocenters. The molecule has 1 aromatic carbocycles. The van der Waals surface area contributed by atoms with Crippen molar-refractivity contribution >= 4 is 5.91 Å². The molecule has 0 spiro atoms. The SMILES string of the molecule is Cc1ccccc1-n1nc(C(=O)NCCCc2cn[nH]c2C)c2c1CCC2. The molecule has 6 heteroatoms. The summed E-state index contributed by atoms with van der Waals surface area (Å²) in [5.41, 5.74) is 7.41. The van der Waals surface area contributed by atoms with Gasteiger partial charge in [-0.05, 0) is 63.1 Å². The number of rotatable bonds is 6. The van der Waals surface area contributed by atoms with Gasteiger partial charge in [0.2, 0.25) is 0 Å². The highest BCUT2D eigenvalue weighted by atomic mass is 16.1. The van der Waals surface area contributed by atoms with Crippen LogP contribution >= 0.6 is 0 Å². The predicted molar refractivity (Wildman–Crippen MR) is 104 cm³/mol. The molecule has 2 aromatic heterocycles. The summed E-state index contributed by atoms with van der Waals surface area (Å²) in [4.78, 5) is 12.8. The number of amides is 1. The third-order valence-electron chi connectivity index (χ3n) is 5.33. The van der Waals surface area contributed by atoms with Crippen molar-refractivity contribution in [2.75, 3.05) is 6.54 Å². The van der Waals surface area contributed by atoms with Crippen molar-refractivity contribution in [1.82, 2.24) is 25.3 Å². The lowest BCUT2D eigenvalue weighted by molar-refractivity contribution is 0.0947. The van der Waals surface area contributed by atoms with Gasteiger partial charge in [0.05, 0.1) is 11.9 Å². The average molecular weight is 363 g/mol. The molecule has 4 rings (SSSR count). The van der Waals surface area contributed by atoms with Crippen molar-refractivity contribution in [2.45, 2.75) is 46.0 Å². The van der Waals surface area contributed by atoms with Crippen LogP contribution in [0.15, 0.2) is 30.5 Å². The molecule has 0 radical (unpaired) electrons. The number of hydrogen-bond acceptors (Lipinski definition) is 3.